The summed E-state index contributed by atoms with van der Waals surface area (Å²) in [6.07, 6.45) is 0.418. The van der Waals surface area contributed by atoms with Gasteiger partial charge in [-0.1, -0.05) is 20.8 Å². The minimum atomic E-state index is -4.56. The molecule has 0 aliphatic heterocycles. The average molecular weight is 288 g/mol. The smallest absolute Gasteiger partial charge is 0.311 e. The number of alkyl halides is 2. The molecule has 0 rings (SSSR count). The Bertz CT molecular complexity index is 279. The van der Waals surface area contributed by atoms with Crippen molar-refractivity contribution in [1.82, 2.24) is 0 Å². The van der Waals surface area contributed by atoms with Crippen LogP contribution in [0.1, 0.15) is 41.0 Å². The Balaban J connectivity index is 4.60. The van der Waals surface area contributed by atoms with E-state index in [0.29, 0.717) is 6.42 Å². The van der Waals surface area contributed by atoms with Gasteiger partial charge in [0.25, 0.3) is 0 Å². The molecule has 0 aromatic carbocycles. The first kappa shape index (κ1) is 18.0. The summed E-state index contributed by atoms with van der Waals surface area (Å²) in [7, 11) is -4.56. The first-order valence-electron chi connectivity index (χ1n) is 5.99. The van der Waals surface area contributed by atoms with E-state index in [-0.39, 0.29) is 25.2 Å². The molecule has 18 heavy (non-hydrogen) atoms. The third kappa shape index (κ3) is 5.74. The van der Waals surface area contributed by atoms with E-state index in [9.17, 15) is 13.3 Å². The zero-order valence-electron chi connectivity index (χ0n) is 11.7. The quantitative estimate of drug-likeness (QED) is 0.626. The van der Waals surface area contributed by atoms with E-state index in [4.69, 9.17) is 0 Å². The Morgan fingerprint density at radius 1 is 1.06 bits per heavy atom. The van der Waals surface area contributed by atoms with Crippen LogP contribution in [0.3, 0.4) is 0 Å². The summed E-state index contributed by atoms with van der Waals surface area (Å²) in [5.41, 5.74) is -0.142. The van der Waals surface area contributed by atoms with Gasteiger partial charge in [-0.25, -0.2) is 0 Å². The van der Waals surface area contributed by atoms with Gasteiger partial charge < -0.3 is 13.8 Å². The summed E-state index contributed by atoms with van der Waals surface area (Å²) < 4.78 is 52.8. The second-order valence-corrected chi connectivity index (χ2v) is 7.01. The maximum Gasteiger partial charge on any atom is 0.459 e. The molecule has 0 aliphatic rings. The number of rotatable bonds is 8. The first-order chi connectivity index (χ1) is 8.08. The zero-order chi connectivity index (χ0) is 14.4. The monoisotopic (exact) mass is 288 g/mol. The van der Waals surface area contributed by atoms with Crippen LogP contribution in [0.2, 0.25) is 0 Å². The van der Waals surface area contributed by atoms with Gasteiger partial charge in [0.15, 0.2) is 0 Å². The molecule has 0 bridgehead atoms. The van der Waals surface area contributed by atoms with Gasteiger partial charge in [-0.3, -0.25) is 4.57 Å². The predicted molar refractivity (Wildman–Crippen MR) is 65.8 cm³/mol. The highest BCUT2D eigenvalue weighted by Gasteiger charge is 2.55. The second kappa shape index (κ2) is 6.94. The van der Waals surface area contributed by atoms with Crippen LogP contribution < -0.4 is 0 Å². The van der Waals surface area contributed by atoms with Gasteiger partial charge in [-0.15, -0.1) is 0 Å². The van der Waals surface area contributed by atoms with Crippen molar-refractivity contribution in [2.24, 2.45) is 5.41 Å². The van der Waals surface area contributed by atoms with Crippen molar-refractivity contribution in [3.63, 3.8) is 0 Å². The Hall–Kier alpha value is -0.0300. The summed E-state index contributed by atoms with van der Waals surface area (Å²) in [4.78, 5) is 0. The molecule has 7 heteroatoms. The largest absolute Gasteiger partial charge is 0.459 e. The average Bonchev–Trinajstić information content (AvgIpc) is 2.15. The number of hydrogen-bond acceptors (Lipinski definition) is 4. The summed E-state index contributed by atoms with van der Waals surface area (Å²) >= 11 is 0. The van der Waals surface area contributed by atoms with E-state index in [1.54, 1.807) is 0 Å². The van der Waals surface area contributed by atoms with Crippen molar-refractivity contribution >= 4 is 7.60 Å². The maximum atomic E-state index is 13.7. The molecule has 0 N–H and O–H groups in total. The third-order valence-corrected chi connectivity index (χ3v) is 4.01. The summed E-state index contributed by atoms with van der Waals surface area (Å²) in [6.45, 7) is 8.18. The third-order valence-electron chi connectivity index (χ3n) is 2.04. The molecule has 0 aromatic rings. The summed E-state index contributed by atoms with van der Waals surface area (Å²) in [5, 5.41) is 0. The Morgan fingerprint density at radius 2 is 1.50 bits per heavy atom. The fourth-order valence-electron chi connectivity index (χ4n) is 1.09. The lowest BCUT2D eigenvalue weighted by atomic mass is 9.93. The molecule has 0 atom stereocenters. The van der Waals surface area contributed by atoms with Crippen LogP contribution in [0.25, 0.3) is 0 Å². The minimum absolute atomic E-state index is 0.129. The zero-order valence-corrected chi connectivity index (χ0v) is 12.6. The van der Waals surface area contributed by atoms with Crippen LogP contribution >= 0.6 is 7.60 Å². The second-order valence-electron chi connectivity index (χ2n) is 4.98. The lowest BCUT2D eigenvalue weighted by Gasteiger charge is -2.26. The van der Waals surface area contributed by atoms with Crippen molar-refractivity contribution in [3.05, 3.63) is 0 Å². The molecule has 0 amide bonds. The minimum Gasteiger partial charge on any atom is -0.311 e. The van der Waals surface area contributed by atoms with Crippen LogP contribution in [-0.4, -0.2) is 25.7 Å². The van der Waals surface area contributed by atoms with Crippen LogP contribution in [0, 0.1) is 5.41 Å². The van der Waals surface area contributed by atoms with Crippen molar-refractivity contribution in [2.45, 2.75) is 46.9 Å². The molecule has 0 aromatic heterocycles. The van der Waals surface area contributed by atoms with E-state index in [0.717, 1.165) is 0 Å². The topological polar surface area (TPSA) is 44.8 Å². The standard InChI is InChI=1S/C11H23F2O4P/c1-6-16-18(14,17-7-2)11(12,13)15-9-8-10(3,4)5/h6-9H2,1-5H3. The van der Waals surface area contributed by atoms with E-state index in [1.165, 1.54) is 13.8 Å². The molecule has 0 spiro atoms. The molecule has 0 radical (unpaired) electrons. The molecule has 0 heterocycles. The molecular weight excluding hydrogens is 265 g/mol. The Labute approximate surface area is 108 Å². The van der Waals surface area contributed by atoms with Crippen molar-refractivity contribution < 1.29 is 27.1 Å². The van der Waals surface area contributed by atoms with Crippen LogP contribution in [0.5, 0.6) is 0 Å². The molecule has 110 valence electrons. The van der Waals surface area contributed by atoms with Gasteiger partial charge >= 0.3 is 13.4 Å². The van der Waals surface area contributed by atoms with E-state index in [2.05, 4.69) is 13.8 Å². The maximum absolute atomic E-state index is 13.7. The highest BCUT2D eigenvalue weighted by molar-refractivity contribution is 7.54. The van der Waals surface area contributed by atoms with E-state index < -0.39 is 13.4 Å². The molecule has 0 aliphatic carbocycles. The van der Waals surface area contributed by atoms with Crippen LogP contribution in [0.4, 0.5) is 8.78 Å². The van der Waals surface area contributed by atoms with Gasteiger partial charge in [-0.05, 0) is 25.7 Å². The number of hydrogen-bond donors (Lipinski definition) is 0. The van der Waals surface area contributed by atoms with Gasteiger partial charge in [-0.2, -0.15) is 8.78 Å². The molecule has 0 fully saturated rings. The van der Waals surface area contributed by atoms with Crippen molar-refractivity contribution in [1.29, 1.82) is 0 Å². The van der Waals surface area contributed by atoms with Gasteiger partial charge in [0.05, 0.1) is 19.8 Å². The van der Waals surface area contributed by atoms with Crippen molar-refractivity contribution in [3.8, 4) is 0 Å². The lowest BCUT2D eigenvalue weighted by molar-refractivity contribution is -0.190. The predicted octanol–water partition coefficient (Wildman–Crippen LogP) is 4.26. The molecule has 0 saturated carbocycles. The van der Waals surface area contributed by atoms with Gasteiger partial charge in [0, 0.05) is 0 Å². The SMILES string of the molecule is CCOP(=O)(OCC)C(F)(F)OCCC(C)(C)C. The first-order valence-corrected chi connectivity index (χ1v) is 7.53. The van der Waals surface area contributed by atoms with Crippen molar-refractivity contribution in [2.75, 3.05) is 19.8 Å². The summed E-state index contributed by atoms with van der Waals surface area (Å²) in [5.74, 6) is -3.91. The van der Waals surface area contributed by atoms with Gasteiger partial charge in [0.2, 0.25) is 0 Å². The van der Waals surface area contributed by atoms with Gasteiger partial charge in [0.1, 0.15) is 0 Å². The molecule has 0 unspecified atom stereocenters. The highest BCUT2D eigenvalue weighted by Crippen LogP contribution is 2.62. The van der Waals surface area contributed by atoms with E-state index >= 15 is 0 Å². The summed E-state index contributed by atoms with van der Waals surface area (Å²) in [6, 6.07) is 0. The Kier molecular flexibility index (Phi) is 6.93. The Morgan fingerprint density at radius 3 is 1.83 bits per heavy atom. The van der Waals surface area contributed by atoms with E-state index in [1.807, 2.05) is 20.8 Å². The van der Waals surface area contributed by atoms with Crippen LogP contribution in [-0.2, 0) is 18.3 Å². The fraction of sp³-hybridized carbons (Fsp3) is 1.00. The lowest BCUT2D eigenvalue weighted by Crippen LogP contribution is -2.26. The number of halogens is 2. The highest BCUT2D eigenvalue weighted by atomic mass is 31.2. The van der Waals surface area contributed by atoms with Crippen LogP contribution in [0.15, 0.2) is 0 Å². The normalized spacial score (nSPS) is 13.9. The molecule has 0 saturated heterocycles. The molecule has 4 nitrogen and oxygen atoms in total. The number of ether oxygens (including phenoxy) is 1. The molecular formula is C11H23F2O4P. The fourth-order valence-corrected chi connectivity index (χ4v) is 2.39.